The summed E-state index contributed by atoms with van der Waals surface area (Å²) in [6, 6.07) is 0. The lowest BCUT2D eigenvalue weighted by Crippen LogP contribution is -2.33. The van der Waals surface area contributed by atoms with Crippen LogP contribution in [0.2, 0.25) is 0 Å². The monoisotopic (exact) mass is 455 g/mol. The van der Waals surface area contributed by atoms with Crippen molar-refractivity contribution >= 4 is 35.6 Å². The third kappa shape index (κ3) is 10.8. The number of methoxy groups -OCH3 is 2. The quantitative estimate of drug-likeness (QED) is 0.216. The number of hydrogen-bond acceptors (Lipinski definition) is 5. The van der Waals surface area contributed by atoms with E-state index in [0.29, 0.717) is 39.5 Å². The highest BCUT2D eigenvalue weighted by molar-refractivity contribution is 14.0. The molecule has 1 heterocycles. The number of nitrogens with one attached hydrogen (secondary N) is 2. The van der Waals surface area contributed by atoms with Crippen LogP contribution < -0.4 is 10.6 Å². The van der Waals surface area contributed by atoms with Gasteiger partial charge in [0.2, 0.25) is 0 Å². The normalized spacial score (nSPS) is 11.2. The minimum Gasteiger partial charge on any atom is -0.383 e. The number of aliphatic imine (C=N–C) groups is 1. The molecule has 1 aromatic heterocycles. The molecule has 0 bridgehead atoms. The first-order chi connectivity index (χ1) is 11.3. The number of rotatable bonds is 12. The maximum atomic E-state index is 5.42. The molecule has 8 nitrogen and oxygen atoms in total. The Labute approximate surface area is 161 Å². The summed E-state index contributed by atoms with van der Waals surface area (Å²) in [5.41, 5.74) is 0.909. The summed E-state index contributed by atoms with van der Waals surface area (Å²) in [4.78, 5) is 4.53. The number of hydrogen-bond donors (Lipinski definition) is 2. The second-order valence-corrected chi connectivity index (χ2v) is 4.82. The van der Waals surface area contributed by atoms with E-state index in [2.05, 4.69) is 20.7 Å². The Balaban J connectivity index is 0.00000529. The molecule has 0 aliphatic carbocycles. The molecule has 0 aliphatic rings. The first-order valence-corrected chi connectivity index (χ1v) is 7.93. The molecule has 140 valence electrons. The van der Waals surface area contributed by atoms with Gasteiger partial charge >= 0.3 is 0 Å². The summed E-state index contributed by atoms with van der Waals surface area (Å²) < 4.78 is 17.3. The second kappa shape index (κ2) is 15.6. The molecule has 0 aliphatic heterocycles. The average Bonchev–Trinajstić information content (AvgIpc) is 3.01. The predicted molar refractivity (Wildman–Crippen MR) is 106 cm³/mol. The molecular formula is C15H30IN5O3. The van der Waals surface area contributed by atoms with E-state index in [1.807, 2.05) is 17.8 Å². The largest absolute Gasteiger partial charge is 0.383 e. The zero-order valence-electron chi connectivity index (χ0n) is 14.8. The molecule has 0 amide bonds. The molecule has 0 unspecified atom stereocenters. The summed E-state index contributed by atoms with van der Waals surface area (Å²) >= 11 is 0. The smallest absolute Gasteiger partial charge is 0.195 e. The van der Waals surface area contributed by atoms with Crippen molar-refractivity contribution in [3.05, 3.63) is 12.4 Å². The topological polar surface area (TPSA) is 81.9 Å². The summed E-state index contributed by atoms with van der Waals surface area (Å²) in [6.45, 7) is 6.78. The van der Waals surface area contributed by atoms with Gasteiger partial charge < -0.3 is 24.8 Å². The van der Waals surface area contributed by atoms with Crippen molar-refractivity contribution in [2.45, 2.75) is 19.9 Å². The fourth-order valence-electron chi connectivity index (χ4n) is 1.75. The molecule has 0 atom stereocenters. The lowest BCUT2D eigenvalue weighted by atomic mass is 10.4. The van der Waals surface area contributed by atoms with Crippen molar-refractivity contribution in [2.75, 3.05) is 59.1 Å². The van der Waals surface area contributed by atoms with Gasteiger partial charge in [0, 0.05) is 46.7 Å². The lowest BCUT2D eigenvalue weighted by molar-refractivity contribution is 0.0702. The number of ether oxygens (including phenoxy) is 3. The van der Waals surface area contributed by atoms with E-state index in [4.69, 9.17) is 14.2 Å². The van der Waals surface area contributed by atoms with E-state index in [1.54, 1.807) is 20.4 Å². The van der Waals surface area contributed by atoms with E-state index in [-0.39, 0.29) is 24.0 Å². The number of anilines is 1. The highest BCUT2D eigenvalue weighted by Gasteiger charge is 2.02. The van der Waals surface area contributed by atoms with E-state index < -0.39 is 0 Å². The summed E-state index contributed by atoms with van der Waals surface area (Å²) in [5.74, 6) is 0.717. The van der Waals surface area contributed by atoms with Gasteiger partial charge in [0.15, 0.2) is 5.96 Å². The minimum atomic E-state index is 0. The lowest BCUT2D eigenvalue weighted by Gasteiger charge is -2.11. The molecule has 0 fully saturated rings. The van der Waals surface area contributed by atoms with Gasteiger partial charge in [-0.1, -0.05) is 0 Å². The third-order valence-electron chi connectivity index (χ3n) is 2.97. The maximum absolute atomic E-state index is 5.42. The van der Waals surface area contributed by atoms with E-state index in [0.717, 1.165) is 24.6 Å². The minimum absolute atomic E-state index is 0. The SMILES string of the molecule is CCn1cc(NC(=NCCCOCCOC)NCCOC)cn1.I. The van der Waals surface area contributed by atoms with Crippen LogP contribution >= 0.6 is 24.0 Å². The Morgan fingerprint density at radius 3 is 2.67 bits per heavy atom. The first kappa shape index (κ1) is 23.1. The Morgan fingerprint density at radius 2 is 2.00 bits per heavy atom. The van der Waals surface area contributed by atoms with Gasteiger partial charge in [0.1, 0.15) is 0 Å². The molecule has 0 spiro atoms. The predicted octanol–water partition coefficient (Wildman–Crippen LogP) is 1.58. The maximum Gasteiger partial charge on any atom is 0.195 e. The molecule has 1 aromatic rings. The molecular weight excluding hydrogens is 425 g/mol. The summed E-state index contributed by atoms with van der Waals surface area (Å²) in [7, 11) is 3.34. The van der Waals surface area contributed by atoms with Crippen molar-refractivity contribution in [1.82, 2.24) is 15.1 Å². The van der Waals surface area contributed by atoms with Gasteiger partial charge in [-0.25, -0.2) is 0 Å². The molecule has 0 saturated carbocycles. The average molecular weight is 455 g/mol. The molecule has 1 rings (SSSR count). The van der Waals surface area contributed by atoms with Crippen molar-refractivity contribution in [3.8, 4) is 0 Å². The number of nitrogens with zero attached hydrogens (tertiary/aromatic N) is 3. The molecule has 0 saturated heterocycles. The van der Waals surface area contributed by atoms with Crippen molar-refractivity contribution in [2.24, 2.45) is 4.99 Å². The van der Waals surface area contributed by atoms with Crippen LogP contribution in [0.5, 0.6) is 0 Å². The van der Waals surface area contributed by atoms with Crippen molar-refractivity contribution < 1.29 is 14.2 Å². The number of guanidine groups is 1. The van der Waals surface area contributed by atoms with Crippen LogP contribution in [0.15, 0.2) is 17.4 Å². The van der Waals surface area contributed by atoms with Gasteiger partial charge in [-0.2, -0.15) is 5.10 Å². The Hall–Kier alpha value is -0.910. The Kier molecular flexibility index (Phi) is 15.0. The molecule has 0 aromatic carbocycles. The summed E-state index contributed by atoms with van der Waals surface area (Å²) in [6.07, 6.45) is 4.58. The van der Waals surface area contributed by atoms with Gasteiger partial charge in [0.05, 0.1) is 31.7 Å². The Bertz CT molecular complexity index is 442. The number of aryl methyl sites for hydroxylation is 1. The zero-order chi connectivity index (χ0) is 16.8. The standard InChI is InChI=1S/C15H29N5O3.HI/c1-4-20-13-14(12-18-20)19-15(17-7-9-21-2)16-6-5-8-23-11-10-22-3;/h12-13H,4-11H2,1-3H3,(H2,16,17,19);1H. The molecule has 24 heavy (non-hydrogen) atoms. The number of aromatic nitrogens is 2. The zero-order valence-corrected chi connectivity index (χ0v) is 17.1. The fraction of sp³-hybridized carbons (Fsp3) is 0.733. The van der Waals surface area contributed by atoms with Crippen LogP contribution in [0.3, 0.4) is 0 Å². The van der Waals surface area contributed by atoms with Crippen LogP contribution in [0.1, 0.15) is 13.3 Å². The number of halogens is 1. The highest BCUT2D eigenvalue weighted by Crippen LogP contribution is 2.04. The van der Waals surface area contributed by atoms with Crippen molar-refractivity contribution in [1.29, 1.82) is 0 Å². The van der Waals surface area contributed by atoms with Crippen LogP contribution in [0.25, 0.3) is 0 Å². The van der Waals surface area contributed by atoms with Gasteiger partial charge in [0.25, 0.3) is 0 Å². The van der Waals surface area contributed by atoms with E-state index >= 15 is 0 Å². The van der Waals surface area contributed by atoms with Gasteiger partial charge in [-0.15, -0.1) is 24.0 Å². The van der Waals surface area contributed by atoms with Gasteiger partial charge in [-0.05, 0) is 13.3 Å². The van der Waals surface area contributed by atoms with E-state index in [9.17, 15) is 0 Å². The Morgan fingerprint density at radius 1 is 1.21 bits per heavy atom. The third-order valence-corrected chi connectivity index (χ3v) is 2.97. The first-order valence-electron chi connectivity index (χ1n) is 7.93. The van der Waals surface area contributed by atoms with Crippen molar-refractivity contribution in [3.63, 3.8) is 0 Å². The van der Waals surface area contributed by atoms with Crippen LogP contribution in [-0.4, -0.2) is 69.5 Å². The summed E-state index contributed by atoms with van der Waals surface area (Å²) in [5, 5.41) is 10.7. The molecule has 2 N–H and O–H groups in total. The van der Waals surface area contributed by atoms with Gasteiger partial charge in [-0.3, -0.25) is 9.67 Å². The van der Waals surface area contributed by atoms with Crippen LogP contribution in [0.4, 0.5) is 5.69 Å². The molecule has 0 radical (unpaired) electrons. The fourth-order valence-corrected chi connectivity index (χ4v) is 1.75. The van der Waals surface area contributed by atoms with E-state index in [1.165, 1.54) is 0 Å². The molecule has 9 heteroatoms. The highest BCUT2D eigenvalue weighted by atomic mass is 127. The van der Waals surface area contributed by atoms with Crippen LogP contribution in [0, 0.1) is 0 Å². The van der Waals surface area contributed by atoms with Crippen LogP contribution in [-0.2, 0) is 20.8 Å². The second-order valence-electron chi connectivity index (χ2n) is 4.82.